The number of piperazine rings is 1. The average Bonchev–Trinajstić information content (AvgIpc) is 3.39. The van der Waals surface area contributed by atoms with E-state index >= 15 is 0 Å². The number of rotatable bonds is 7. The molecule has 0 aliphatic carbocycles. The Kier molecular flexibility index (Phi) is 5.97. The van der Waals surface area contributed by atoms with Gasteiger partial charge in [-0.3, -0.25) is 9.80 Å². The third kappa shape index (κ3) is 4.16. The summed E-state index contributed by atoms with van der Waals surface area (Å²) in [6, 6.07) is 6.47. The average molecular weight is 415 g/mol. The summed E-state index contributed by atoms with van der Waals surface area (Å²) in [5.74, 6) is 3.12. The van der Waals surface area contributed by atoms with E-state index in [9.17, 15) is 0 Å². The molecule has 0 radical (unpaired) electrons. The van der Waals surface area contributed by atoms with E-state index in [4.69, 9.17) is 9.47 Å². The van der Waals surface area contributed by atoms with Crippen LogP contribution in [0.25, 0.3) is 0 Å². The van der Waals surface area contributed by atoms with Crippen molar-refractivity contribution < 1.29 is 9.47 Å². The molecule has 1 fully saturated rings. The van der Waals surface area contributed by atoms with E-state index in [0.717, 1.165) is 56.5 Å². The lowest BCUT2D eigenvalue weighted by Gasteiger charge is -2.41. The fourth-order valence-corrected chi connectivity index (χ4v) is 4.34. The molecule has 1 saturated heterocycles. The minimum Gasteiger partial charge on any atom is -0.454 e. The van der Waals surface area contributed by atoms with Gasteiger partial charge in [-0.1, -0.05) is 26.8 Å². The van der Waals surface area contributed by atoms with Crippen LogP contribution >= 0.6 is 0 Å². The molecule has 0 N–H and O–H groups in total. The molecular weight excluding hydrogens is 380 g/mol. The van der Waals surface area contributed by atoms with Crippen LogP contribution < -0.4 is 9.47 Å². The van der Waals surface area contributed by atoms with Crippen molar-refractivity contribution in [3.05, 3.63) is 29.6 Å². The molecule has 1 atom stereocenters. The summed E-state index contributed by atoms with van der Waals surface area (Å²) in [5.41, 5.74) is 1.18. The van der Waals surface area contributed by atoms with Gasteiger partial charge in [0.2, 0.25) is 6.79 Å². The minimum absolute atomic E-state index is 0.0901. The fraction of sp³-hybridized carbons (Fsp3) is 0.682. The van der Waals surface area contributed by atoms with Gasteiger partial charge in [0, 0.05) is 32.7 Å². The predicted octanol–water partition coefficient (Wildman–Crippen LogP) is 3.06. The highest BCUT2D eigenvalue weighted by molar-refractivity contribution is 5.44. The van der Waals surface area contributed by atoms with Crippen LogP contribution in [0, 0.1) is 5.92 Å². The quantitative estimate of drug-likeness (QED) is 0.690. The zero-order valence-corrected chi connectivity index (χ0v) is 18.8. The monoisotopic (exact) mass is 414 g/mol. The highest BCUT2D eigenvalue weighted by atomic mass is 16.7. The van der Waals surface area contributed by atoms with E-state index in [2.05, 4.69) is 72.1 Å². The number of tetrazole rings is 1. The third-order valence-electron chi connectivity index (χ3n) is 6.47. The zero-order valence-electron chi connectivity index (χ0n) is 18.8. The Hall–Kier alpha value is -2.19. The van der Waals surface area contributed by atoms with Crippen molar-refractivity contribution in [1.29, 1.82) is 0 Å². The molecule has 2 aliphatic heterocycles. The molecule has 3 heterocycles. The highest BCUT2D eigenvalue weighted by Crippen LogP contribution is 2.34. The van der Waals surface area contributed by atoms with Crippen LogP contribution in [0.4, 0.5) is 0 Å². The Balaban J connectivity index is 1.43. The smallest absolute Gasteiger partial charge is 0.231 e. The number of hydrogen-bond donors (Lipinski definition) is 0. The van der Waals surface area contributed by atoms with Gasteiger partial charge in [-0.05, 0) is 54.3 Å². The van der Waals surface area contributed by atoms with Crippen LogP contribution in [0.3, 0.4) is 0 Å². The molecule has 8 heteroatoms. The molecule has 2 aromatic rings. The molecule has 0 unspecified atom stereocenters. The topological polar surface area (TPSA) is 68.5 Å². The second kappa shape index (κ2) is 8.51. The molecule has 1 aromatic heterocycles. The number of benzene rings is 1. The number of aromatic nitrogens is 4. The van der Waals surface area contributed by atoms with Crippen molar-refractivity contribution >= 4 is 0 Å². The molecular formula is C22H34N6O2. The molecule has 0 spiro atoms. The van der Waals surface area contributed by atoms with Gasteiger partial charge in [0.1, 0.15) is 0 Å². The Bertz CT molecular complexity index is 857. The van der Waals surface area contributed by atoms with Crippen molar-refractivity contribution in [3.8, 4) is 11.5 Å². The summed E-state index contributed by atoms with van der Waals surface area (Å²) in [6.07, 6.45) is 0.985. The van der Waals surface area contributed by atoms with Crippen LogP contribution in [0.1, 0.15) is 58.5 Å². The van der Waals surface area contributed by atoms with Crippen molar-refractivity contribution in [2.24, 2.45) is 5.92 Å². The molecule has 30 heavy (non-hydrogen) atoms. The van der Waals surface area contributed by atoms with E-state index in [0.29, 0.717) is 12.7 Å². The Labute approximate surface area is 179 Å². The molecule has 8 nitrogen and oxygen atoms in total. The maximum atomic E-state index is 5.52. The van der Waals surface area contributed by atoms with Gasteiger partial charge in [0.05, 0.1) is 11.6 Å². The van der Waals surface area contributed by atoms with Gasteiger partial charge >= 0.3 is 0 Å². The van der Waals surface area contributed by atoms with Crippen molar-refractivity contribution in [1.82, 2.24) is 30.0 Å². The molecule has 1 aromatic carbocycles. The normalized spacial score (nSPS) is 18.9. The van der Waals surface area contributed by atoms with Crippen LogP contribution in [0.5, 0.6) is 11.5 Å². The van der Waals surface area contributed by atoms with Gasteiger partial charge in [-0.15, -0.1) is 5.10 Å². The van der Waals surface area contributed by atoms with Crippen LogP contribution in [-0.2, 0) is 12.1 Å². The predicted molar refractivity (Wildman–Crippen MR) is 114 cm³/mol. The van der Waals surface area contributed by atoms with Gasteiger partial charge in [0.15, 0.2) is 17.3 Å². The summed E-state index contributed by atoms with van der Waals surface area (Å²) in [5, 5.41) is 12.9. The van der Waals surface area contributed by atoms with E-state index in [1.165, 1.54) is 5.56 Å². The lowest BCUT2D eigenvalue weighted by Crippen LogP contribution is -2.49. The van der Waals surface area contributed by atoms with Crippen molar-refractivity contribution in [2.45, 2.75) is 59.2 Å². The number of hydrogen-bond acceptors (Lipinski definition) is 7. The van der Waals surface area contributed by atoms with Crippen molar-refractivity contribution in [2.75, 3.05) is 33.0 Å². The Morgan fingerprint density at radius 3 is 2.50 bits per heavy atom. The molecule has 4 rings (SSSR count). The first-order valence-corrected chi connectivity index (χ1v) is 11.0. The van der Waals surface area contributed by atoms with Gasteiger partial charge in [-0.25, -0.2) is 4.68 Å². The van der Waals surface area contributed by atoms with Gasteiger partial charge in [-0.2, -0.15) is 0 Å². The Morgan fingerprint density at radius 1 is 1.07 bits per heavy atom. The second-order valence-corrected chi connectivity index (χ2v) is 9.30. The number of fused-ring (bicyclic) bond motifs is 1. The lowest BCUT2D eigenvalue weighted by molar-refractivity contribution is 0.0631. The molecule has 0 saturated carbocycles. The third-order valence-corrected chi connectivity index (χ3v) is 6.47. The Morgan fingerprint density at radius 2 is 1.80 bits per heavy atom. The molecule has 0 amide bonds. The number of nitrogens with zero attached hydrogens (tertiary/aromatic N) is 6. The van der Waals surface area contributed by atoms with Crippen molar-refractivity contribution in [3.63, 3.8) is 0 Å². The standard InChI is InChI=1S/C22H34N6O2/c1-6-22(4,5)28-21(23-24-25-28)20(16(2)3)27-11-9-26(10-12-27)14-17-7-8-18-19(13-17)30-15-29-18/h7-8,13,16,20H,6,9-12,14-15H2,1-5H3/t20-/m0/s1. The largest absolute Gasteiger partial charge is 0.454 e. The molecule has 164 valence electrons. The SMILES string of the molecule is CCC(C)(C)n1nnnc1[C@H](C(C)C)N1CCN(Cc2ccc3c(c2)OCO3)CC1. The van der Waals surface area contributed by atoms with E-state index in [1.54, 1.807) is 0 Å². The summed E-state index contributed by atoms with van der Waals surface area (Å²) in [7, 11) is 0. The first kappa shape index (κ1) is 21.1. The fourth-order valence-electron chi connectivity index (χ4n) is 4.34. The summed E-state index contributed by atoms with van der Waals surface area (Å²) in [4.78, 5) is 5.05. The van der Waals surface area contributed by atoms with E-state index in [-0.39, 0.29) is 11.6 Å². The van der Waals surface area contributed by atoms with E-state index in [1.807, 2.05) is 10.7 Å². The molecule has 2 aliphatic rings. The first-order valence-electron chi connectivity index (χ1n) is 11.0. The van der Waals surface area contributed by atoms with Crippen LogP contribution in [0.15, 0.2) is 18.2 Å². The van der Waals surface area contributed by atoms with Gasteiger partial charge < -0.3 is 9.47 Å². The molecule has 0 bridgehead atoms. The zero-order chi connectivity index (χ0) is 21.3. The minimum atomic E-state index is -0.0901. The van der Waals surface area contributed by atoms with Gasteiger partial charge in [0.25, 0.3) is 0 Å². The summed E-state index contributed by atoms with van der Waals surface area (Å²) >= 11 is 0. The maximum Gasteiger partial charge on any atom is 0.231 e. The first-order chi connectivity index (χ1) is 14.4. The van der Waals surface area contributed by atoms with Crippen LogP contribution in [0.2, 0.25) is 0 Å². The number of ether oxygens (including phenoxy) is 2. The second-order valence-electron chi connectivity index (χ2n) is 9.30. The van der Waals surface area contributed by atoms with Crippen LogP contribution in [-0.4, -0.2) is 63.0 Å². The van der Waals surface area contributed by atoms with E-state index < -0.39 is 0 Å². The summed E-state index contributed by atoms with van der Waals surface area (Å²) in [6.45, 7) is 16.4. The lowest BCUT2D eigenvalue weighted by atomic mass is 9.97. The highest BCUT2D eigenvalue weighted by Gasteiger charge is 2.34. The maximum absolute atomic E-state index is 5.52. The summed E-state index contributed by atoms with van der Waals surface area (Å²) < 4.78 is 13.0.